The summed E-state index contributed by atoms with van der Waals surface area (Å²) in [6, 6.07) is 9.66. The van der Waals surface area contributed by atoms with Crippen molar-refractivity contribution in [1.82, 2.24) is 5.32 Å². The molecule has 2 rings (SSSR count). The molecule has 3 nitrogen and oxygen atoms in total. The Kier molecular flexibility index (Phi) is 4.79. The van der Waals surface area contributed by atoms with Crippen LogP contribution < -0.4 is 10.1 Å². The predicted octanol–water partition coefficient (Wildman–Crippen LogP) is 3.56. The molecule has 0 aliphatic heterocycles. The van der Waals surface area contributed by atoms with Crippen molar-refractivity contribution in [2.24, 2.45) is 0 Å². The lowest BCUT2D eigenvalue weighted by atomic mass is 10.2. The van der Waals surface area contributed by atoms with Gasteiger partial charge in [0.15, 0.2) is 0 Å². The summed E-state index contributed by atoms with van der Waals surface area (Å²) in [5.74, 6) is 0.771. The molecule has 0 spiro atoms. The summed E-state index contributed by atoms with van der Waals surface area (Å²) < 4.78 is 5.28. The molecule has 1 N–H and O–H groups in total. The van der Waals surface area contributed by atoms with Gasteiger partial charge in [-0.15, -0.1) is 11.3 Å². The van der Waals surface area contributed by atoms with E-state index in [1.807, 2.05) is 37.3 Å². The normalized spacial score (nSPS) is 10.3. The molecule has 0 radical (unpaired) electrons. The maximum atomic E-state index is 12.2. The smallest absolute Gasteiger partial charge is 0.261 e. The van der Waals surface area contributed by atoms with E-state index in [9.17, 15) is 4.79 Å². The average Bonchev–Trinajstić information content (AvgIpc) is 2.86. The van der Waals surface area contributed by atoms with E-state index in [-0.39, 0.29) is 5.91 Å². The molecule has 0 aliphatic rings. The molecule has 0 bridgehead atoms. The highest BCUT2D eigenvalue weighted by Gasteiger charge is 2.12. The molecule has 0 saturated heterocycles. The average molecular weight is 289 g/mol. The Morgan fingerprint density at radius 2 is 2.10 bits per heavy atom. The lowest BCUT2D eigenvalue weighted by Gasteiger charge is -2.08. The maximum Gasteiger partial charge on any atom is 0.261 e. The van der Waals surface area contributed by atoms with Crippen LogP contribution in [0.5, 0.6) is 5.75 Å². The topological polar surface area (TPSA) is 38.3 Å². The van der Waals surface area contributed by atoms with E-state index in [1.165, 1.54) is 10.4 Å². The van der Waals surface area contributed by atoms with Gasteiger partial charge in [0.05, 0.1) is 12.0 Å². The number of amides is 1. The van der Waals surface area contributed by atoms with Crippen LogP contribution in [0.15, 0.2) is 30.3 Å². The number of hydrogen-bond acceptors (Lipinski definition) is 3. The molecule has 0 saturated carbocycles. The van der Waals surface area contributed by atoms with Gasteiger partial charge < -0.3 is 10.1 Å². The third-order valence-electron chi connectivity index (χ3n) is 3.20. The minimum absolute atomic E-state index is 0.0243. The van der Waals surface area contributed by atoms with Gasteiger partial charge in [0.2, 0.25) is 0 Å². The molecule has 0 fully saturated rings. The van der Waals surface area contributed by atoms with Crippen LogP contribution in [0.1, 0.15) is 32.6 Å². The van der Waals surface area contributed by atoms with E-state index in [2.05, 4.69) is 12.2 Å². The van der Waals surface area contributed by atoms with Crippen molar-refractivity contribution in [3.63, 3.8) is 0 Å². The standard InChI is InChI=1S/C16H19NO2S/c1-4-14-11(2)9-15(20-14)16(18)17-10-12-7-5-6-8-13(12)19-3/h5-9H,4,10H2,1-3H3,(H,17,18). The van der Waals surface area contributed by atoms with E-state index in [4.69, 9.17) is 4.74 Å². The number of carbonyl (C=O) groups excluding carboxylic acids is 1. The minimum Gasteiger partial charge on any atom is -0.496 e. The van der Waals surface area contributed by atoms with E-state index in [1.54, 1.807) is 18.4 Å². The van der Waals surface area contributed by atoms with E-state index in [0.717, 1.165) is 22.6 Å². The molecule has 1 aromatic carbocycles. The van der Waals surface area contributed by atoms with Gasteiger partial charge in [-0.3, -0.25) is 4.79 Å². The predicted molar refractivity (Wildman–Crippen MR) is 82.6 cm³/mol. The fourth-order valence-electron chi connectivity index (χ4n) is 2.09. The van der Waals surface area contributed by atoms with Crippen molar-refractivity contribution in [3.8, 4) is 5.75 Å². The highest BCUT2D eigenvalue weighted by molar-refractivity contribution is 7.14. The first-order chi connectivity index (χ1) is 9.65. The van der Waals surface area contributed by atoms with Crippen LogP contribution in [0.25, 0.3) is 0 Å². The Balaban J connectivity index is 2.04. The first-order valence-electron chi connectivity index (χ1n) is 6.65. The highest BCUT2D eigenvalue weighted by atomic mass is 32.1. The van der Waals surface area contributed by atoms with Gasteiger partial charge in [-0.1, -0.05) is 25.1 Å². The molecule has 0 unspecified atom stereocenters. The van der Waals surface area contributed by atoms with Crippen molar-refractivity contribution >= 4 is 17.2 Å². The summed E-state index contributed by atoms with van der Waals surface area (Å²) in [6.45, 7) is 4.63. The Morgan fingerprint density at radius 1 is 1.35 bits per heavy atom. The van der Waals surface area contributed by atoms with Gasteiger partial charge in [0.1, 0.15) is 5.75 Å². The number of para-hydroxylation sites is 1. The zero-order valence-corrected chi connectivity index (χ0v) is 12.8. The van der Waals surface area contributed by atoms with Crippen molar-refractivity contribution < 1.29 is 9.53 Å². The van der Waals surface area contributed by atoms with Crippen molar-refractivity contribution in [2.45, 2.75) is 26.8 Å². The van der Waals surface area contributed by atoms with Gasteiger partial charge in [0, 0.05) is 17.0 Å². The fraction of sp³-hybridized carbons (Fsp3) is 0.312. The summed E-state index contributed by atoms with van der Waals surface area (Å²) in [4.78, 5) is 14.2. The third kappa shape index (κ3) is 3.20. The number of methoxy groups -OCH3 is 1. The maximum absolute atomic E-state index is 12.2. The van der Waals surface area contributed by atoms with Crippen molar-refractivity contribution in [3.05, 3.63) is 51.2 Å². The van der Waals surface area contributed by atoms with Gasteiger partial charge in [-0.25, -0.2) is 0 Å². The molecular weight excluding hydrogens is 270 g/mol. The highest BCUT2D eigenvalue weighted by Crippen LogP contribution is 2.22. The minimum atomic E-state index is -0.0243. The zero-order valence-electron chi connectivity index (χ0n) is 12.0. The SMILES string of the molecule is CCc1sc(C(=O)NCc2ccccc2OC)cc1C. The second-order valence-corrected chi connectivity index (χ2v) is 5.70. The van der Waals surface area contributed by atoms with Crippen molar-refractivity contribution in [1.29, 1.82) is 0 Å². The van der Waals surface area contributed by atoms with Gasteiger partial charge in [-0.05, 0) is 31.0 Å². The van der Waals surface area contributed by atoms with Crippen LogP contribution in [0.2, 0.25) is 0 Å². The van der Waals surface area contributed by atoms with Crippen LogP contribution in [0.4, 0.5) is 0 Å². The van der Waals surface area contributed by atoms with E-state index in [0.29, 0.717) is 6.54 Å². The van der Waals surface area contributed by atoms with Gasteiger partial charge >= 0.3 is 0 Å². The second-order valence-electron chi connectivity index (χ2n) is 4.56. The van der Waals surface area contributed by atoms with Crippen LogP contribution in [-0.2, 0) is 13.0 Å². The number of thiophene rings is 1. The van der Waals surface area contributed by atoms with Crippen LogP contribution in [0.3, 0.4) is 0 Å². The first kappa shape index (κ1) is 14.6. The number of aryl methyl sites for hydroxylation is 2. The number of nitrogens with one attached hydrogen (secondary N) is 1. The summed E-state index contributed by atoms with van der Waals surface area (Å²) in [5, 5.41) is 2.95. The zero-order chi connectivity index (χ0) is 14.5. The summed E-state index contributed by atoms with van der Waals surface area (Å²) in [5.41, 5.74) is 2.17. The monoisotopic (exact) mass is 289 g/mol. The van der Waals surface area contributed by atoms with Crippen molar-refractivity contribution in [2.75, 3.05) is 7.11 Å². The number of benzene rings is 1. The second kappa shape index (κ2) is 6.57. The Hall–Kier alpha value is -1.81. The van der Waals surface area contributed by atoms with E-state index < -0.39 is 0 Å². The van der Waals surface area contributed by atoms with Gasteiger partial charge in [0.25, 0.3) is 5.91 Å². The summed E-state index contributed by atoms with van der Waals surface area (Å²) in [6.07, 6.45) is 0.969. The molecule has 1 amide bonds. The molecular formula is C16H19NO2S. The molecule has 4 heteroatoms. The van der Waals surface area contributed by atoms with Crippen LogP contribution in [0, 0.1) is 6.92 Å². The lowest BCUT2D eigenvalue weighted by Crippen LogP contribution is -2.22. The Bertz CT molecular complexity index is 604. The number of ether oxygens (including phenoxy) is 1. The Labute approximate surface area is 123 Å². The van der Waals surface area contributed by atoms with E-state index >= 15 is 0 Å². The quantitative estimate of drug-likeness (QED) is 0.914. The third-order valence-corrected chi connectivity index (χ3v) is 4.58. The number of rotatable bonds is 5. The molecule has 106 valence electrons. The Morgan fingerprint density at radius 3 is 2.75 bits per heavy atom. The first-order valence-corrected chi connectivity index (χ1v) is 7.46. The largest absolute Gasteiger partial charge is 0.496 e. The molecule has 20 heavy (non-hydrogen) atoms. The summed E-state index contributed by atoms with van der Waals surface area (Å²) in [7, 11) is 1.64. The molecule has 2 aromatic rings. The number of hydrogen-bond donors (Lipinski definition) is 1. The molecule has 1 heterocycles. The number of carbonyl (C=O) groups is 1. The lowest BCUT2D eigenvalue weighted by molar-refractivity contribution is 0.0954. The fourth-order valence-corrected chi connectivity index (χ4v) is 3.12. The molecule has 0 atom stereocenters. The molecule has 0 aliphatic carbocycles. The van der Waals surface area contributed by atoms with Gasteiger partial charge in [-0.2, -0.15) is 0 Å². The van der Waals surface area contributed by atoms with Crippen LogP contribution >= 0.6 is 11.3 Å². The molecule has 1 aromatic heterocycles. The van der Waals surface area contributed by atoms with Crippen LogP contribution in [-0.4, -0.2) is 13.0 Å². The summed E-state index contributed by atoms with van der Waals surface area (Å²) >= 11 is 1.57.